The van der Waals surface area contributed by atoms with Crippen molar-refractivity contribution >= 4 is 35.2 Å². The van der Waals surface area contributed by atoms with Crippen molar-refractivity contribution in [2.45, 2.75) is 45.1 Å². The van der Waals surface area contributed by atoms with E-state index in [4.69, 9.17) is 9.31 Å². The maximum Gasteiger partial charge on any atom is 0.494 e. The number of hydrogen-bond acceptors (Lipinski definition) is 3. The lowest BCUT2D eigenvalue weighted by Crippen LogP contribution is -2.41. The predicted molar refractivity (Wildman–Crippen MR) is 77.7 cm³/mol. The summed E-state index contributed by atoms with van der Waals surface area (Å²) in [5, 5.41) is 0. The fourth-order valence-electron chi connectivity index (χ4n) is 1.78. The summed E-state index contributed by atoms with van der Waals surface area (Å²) < 4.78 is 50.1. The van der Waals surface area contributed by atoms with Crippen LogP contribution >= 0.6 is 22.6 Å². The van der Waals surface area contributed by atoms with Gasteiger partial charge < -0.3 is 9.31 Å². The summed E-state index contributed by atoms with van der Waals surface area (Å²) in [5.41, 5.74) is -1.79. The Balaban J connectivity index is 2.38. The first-order chi connectivity index (χ1) is 8.92. The normalized spacial score (nSPS) is 21.3. The van der Waals surface area contributed by atoms with Crippen LogP contribution in [0.5, 0.6) is 0 Å². The van der Waals surface area contributed by atoms with E-state index in [2.05, 4.69) is 4.98 Å². The fourth-order valence-corrected chi connectivity index (χ4v) is 2.40. The van der Waals surface area contributed by atoms with Gasteiger partial charge in [0.2, 0.25) is 0 Å². The average molecular weight is 399 g/mol. The van der Waals surface area contributed by atoms with Crippen LogP contribution in [0.4, 0.5) is 13.2 Å². The van der Waals surface area contributed by atoms with Gasteiger partial charge in [-0.25, -0.2) is 4.98 Å². The summed E-state index contributed by atoms with van der Waals surface area (Å²) in [5.74, 6) is 0. The van der Waals surface area contributed by atoms with Gasteiger partial charge in [0.15, 0.2) is 0 Å². The maximum atomic E-state index is 12.8. The molecule has 0 radical (unpaired) electrons. The van der Waals surface area contributed by atoms with Crippen LogP contribution in [0.25, 0.3) is 0 Å². The van der Waals surface area contributed by atoms with Crippen molar-refractivity contribution < 1.29 is 22.5 Å². The summed E-state index contributed by atoms with van der Waals surface area (Å²) in [6.45, 7) is 7.40. The van der Waals surface area contributed by atoms with Crippen molar-refractivity contribution in [3.8, 4) is 0 Å². The number of alkyl halides is 3. The highest BCUT2D eigenvalue weighted by Crippen LogP contribution is 2.37. The lowest BCUT2D eigenvalue weighted by atomic mass is 9.79. The summed E-state index contributed by atoms with van der Waals surface area (Å²) in [4.78, 5) is 3.50. The molecule has 2 heterocycles. The molecule has 0 amide bonds. The molecule has 0 saturated carbocycles. The van der Waals surface area contributed by atoms with Gasteiger partial charge in [0.05, 0.1) is 11.2 Å². The Morgan fingerprint density at radius 3 is 2.05 bits per heavy atom. The minimum Gasteiger partial charge on any atom is -0.399 e. The Morgan fingerprint density at radius 2 is 1.60 bits per heavy atom. The topological polar surface area (TPSA) is 31.4 Å². The van der Waals surface area contributed by atoms with Gasteiger partial charge in [-0.1, -0.05) is 0 Å². The molecule has 0 atom stereocenters. The molecule has 0 aromatic carbocycles. The Labute approximate surface area is 129 Å². The summed E-state index contributed by atoms with van der Waals surface area (Å²) >= 11 is 1.75. The van der Waals surface area contributed by atoms with Gasteiger partial charge in [0.25, 0.3) is 0 Å². The van der Waals surface area contributed by atoms with Crippen LogP contribution in [0.15, 0.2) is 12.1 Å². The third-order valence-electron chi connectivity index (χ3n) is 3.63. The predicted octanol–water partition coefficient (Wildman–Crippen LogP) is 3.00. The number of rotatable bonds is 1. The first-order valence-electron chi connectivity index (χ1n) is 6.03. The number of nitrogens with zero attached hydrogens (tertiary/aromatic N) is 1. The fraction of sp³-hybridized carbons (Fsp3) is 0.583. The van der Waals surface area contributed by atoms with Crippen LogP contribution < -0.4 is 5.46 Å². The molecular formula is C12H14BF3INO2. The van der Waals surface area contributed by atoms with E-state index in [-0.39, 0.29) is 3.70 Å². The summed E-state index contributed by atoms with van der Waals surface area (Å²) in [6.07, 6.45) is -4.49. The van der Waals surface area contributed by atoms with Crippen molar-refractivity contribution in [1.82, 2.24) is 4.98 Å². The Kier molecular flexibility index (Phi) is 3.88. The standard InChI is InChI=1S/C12H14BF3INO2/c1-10(2)11(3,4)20-13(19-10)7-5-8(12(14,15)16)18-9(17)6-7/h5-6H,1-4H3. The van der Waals surface area contributed by atoms with E-state index >= 15 is 0 Å². The van der Waals surface area contributed by atoms with E-state index in [0.29, 0.717) is 5.46 Å². The first-order valence-corrected chi connectivity index (χ1v) is 7.10. The molecule has 1 fully saturated rings. The van der Waals surface area contributed by atoms with E-state index in [1.807, 2.05) is 27.7 Å². The SMILES string of the molecule is CC1(C)OB(c2cc(I)nc(C(F)(F)F)c2)OC1(C)C. The number of pyridine rings is 1. The van der Waals surface area contributed by atoms with Crippen LogP contribution in [-0.2, 0) is 15.5 Å². The monoisotopic (exact) mass is 399 g/mol. The van der Waals surface area contributed by atoms with Gasteiger partial charge >= 0.3 is 13.3 Å². The Bertz CT molecular complexity index is 518. The van der Waals surface area contributed by atoms with E-state index in [1.54, 1.807) is 22.6 Å². The van der Waals surface area contributed by atoms with Crippen molar-refractivity contribution in [3.05, 3.63) is 21.5 Å². The highest BCUT2D eigenvalue weighted by Gasteiger charge is 2.52. The molecule has 0 aliphatic carbocycles. The van der Waals surface area contributed by atoms with Gasteiger partial charge in [-0.3, -0.25) is 0 Å². The molecule has 3 nitrogen and oxygen atoms in total. The zero-order valence-corrected chi connectivity index (χ0v) is 13.7. The second kappa shape index (κ2) is 4.84. The van der Waals surface area contributed by atoms with E-state index in [1.165, 1.54) is 6.07 Å². The third-order valence-corrected chi connectivity index (χ3v) is 4.18. The molecule has 8 heteroatoms. The van der Waals surface area contributed by atoms with Crippen molar-refractivity contribution in [2.24, 2.45) is 0 Å². The number of hydrogen-bond donors (Lipinski definition) is 0. The van der Waals surface area contributed by atoms with Crippen LogP contribution in [0.1, 0.15) is 33.4 Å². The summed E-state index contributed by atoms with van der Waals surface area (Å²) in [6, 6.07) is 2.52. The second-order valence-electron chi connectivity index (χ2n) is 5.69. The molecule has 1 aromatic rings. The Morgan fingerprint density at radius 1 is 1.10 bits per heavy atom. The molecule has 0 spiro atoms. The molecule has 1 aliphatic heterocycles. The molecule has 0 unspecified atom stereocenters. The third kappa shape index (κ3) is 2.96. The minimum absolute atomic E-state index is 0.252. The summed E-state index contributed by atoms with van der Waals surface area (Å²) in [7, 11) is -0.822. The van der Waals surface area contributed by atoms with E-state index in [0.717, 1.165) is 6.07 Å². The molecule has 1 saturated heterocycles. The highest BCUT2D eigenvalue weighted by molar-refractivity contribution is 14.1. The van der Waals surface area contributed by atoms with Gasteiger partial charge in [0.1, 0.15) is 9.39 Å². The minimum atomic E-state index is -4.49. The van der Waals surface area contributed by atoms with Gasteiger partial charge in [-0.15, -0.1) is 0 Å². The van der Waals surface area contributed by atoms with Crippen LogP contribution in [-0.4, -0.2) is 23.3 Å². The number of aromatic nitrogens is 1. The zero-order chi connectivity index (χ0) is 15.3. The lowest BCUT2D eigenvalue weighted by Gasteiger charge is -2.32. The van der Waals surface area contributed by atoms with Gasteiger partial charge in [-0.2, -0.15) is 13.2 Å². The smallest absolute Gasteiger partial charge is 0.399 e. The van der Waals surface area contributed by atoms with Gasteiger partial charge in [-0.05, 0) is 67.9 Å². The van der Waals surface area contributed by atoms with Crippen molar-refractivity contribution in [3.63, 3.8) is 0 Å². The van der Waals surface area contributed by atoms with Crippen molar-refractivity contribution in [2.75, 3.05) is 0 Å². The lowest BCUT2D eigenvalue weighted by molar-refractivity contribution is -0.141. The van der Waals surface area contributed by atoms with Crippen LogP contribution in [0.3, 0.4) is 0 Å². The molecule has 2 rings (SSSR count). The average Bonchev–Trinajstić information content (AvgIpc) is 2.46. The van der Waals surface area contributed by atoms with E-state index in [9.17, 15) is 13.2 Å². The van der Waals surface area contributed by atoms with Crippen LogP contribution in [0.2, 0.25) is 0 Å². The molecular weight excluding hydrogens is 385 g/mol. The van der Waals surface area contributed by atoms with E-state index < -0.39 is 30.2 Å². The van der Waals surface area contributed by atoms with Gasteiger partial charge in [0, 0.05) is 0 Å². The quantitative estimate of drug-likeness (QED) is 0.414. The van der Waals surface area contributed by atoms with Crippen LogP contribution in [0, 0.1) is 3.70 Å². The highest BCUT2D eigenvalue weighted by atomic mass is 127. The first kappa shape index (κ1) is 16.0. The molecule has 110 valence electrons. The molecule has 1 aromatic heterocycles. The molecule has 0 N–H and O–H groups in total. The molecule has 0 bridgehead atoms. The maximum absolute atomic E-state index is 12.8. The number of halogens is 4. The largest absolute Gasteiger partial charge is 0.494 e. The Hall–Kier alpha value is -0.345. The molecule has 1 aliphatic rings. The zero-order valence-electron chi connectivity index (χ0n) is 11.5. The van der Waals surface area contributed by atoms with Crippen molar-refractivity contribution in [1.29, 1.82) is 0 Å². The molecule has 20 heavy (non-hydrogen) atoms. The second-order valence-corrected chi connectivity index (χ2v) is 6.80.